The Bertz CT molecular complexity index is 577. The van der Waals surface area contributed by atoms with Gasteiger partial charge < -0.3 is 5.73 Å². The van der Waals surface area contributed by atoms with Gasteiger partial charge in [-0.3, -0.25) is 0 Å². The molecule has 1 saturated carbocycles. The molecule has 0 aromatic heterocycles. The fourth-order valence-electron chi connectivity index (χ4n) is 3.23. The normalized spacial score (nSPS) is 21.5. The van der Waals surface area contributed by atoms with Gasteiger partial charge in [-0.2, -0.15) is 4.31 Å². The average molecular weight is 280 g/mol. The van der Waals surface area contributed by atoms with Gasteiger partial charge in [0.05, 0.1) is 5.25 Å². The summed E-state index contributed by atoms with van der Waals surface area (Å²) in [7, 11) is -3.12. The summed E-state index contributed by atoms with van der Waals surface area (Å²) in [6.45, 7) is 1.05. The minimum atomic E-state index is -3.12. The van der Waals surface area contributed by atoms with Gasteiger partial charge in [-0.05, 0) is 36.5 Å². The van der Waals surface area contributed by atoms with Gasteiger partial charge in [0.25, 0.3) is 0 Å². The predicted molar refractivity (Wildman–Crippen MR) is 76.1 cm³/mol. The second-order valence-electron chi connectivity index (χ2n) is 5.52. The van der Waals surface area contributed by atoms with Gasteiger partial charge in [-0.1, -0.05) is 25.0 Å². The summed E-state index contributed by atoms with van der Waals surface area (Å²) >= 11 is 0. The lowest BCUT2D eigenvalue weighted by Crippen LogP contribution is -2.41. The van der Waals surface area contributed by atoms with Gasteiger partial charge in [0.15, 0.2) is 0 Å². The van der Waals surface area contributed by atoms with Crippen molar-refractivity contribution in [2.75, 3.05) is 12.3 Å². The predicted octanol–water partition coefficient (Wildman–Crippen LogP) is 1.90. The Morgan fingerprint density at radius 2 is 1.95 bits per heavy atom. The molecular weight excluding hydrogens is 260 g/mol. The molecule has 0 unspecified atom stereocenters. The third-order valence-electron chi connectivity index (χ3n) is 4.35. The monoisotopic (exact) mass is 280 g/mol. The van der Waals surface area contributed by atoms with E-state index in [1.165, 1.54) is 0 Å². The number of hydrogen-bond donors (Lipinski definition) is 1. The zero-order valence-electron chi connectivity index (χ0n) is 11.0. The summed E-state index contributed by atoms with van der Waals surface area (Å²) in [5.41, 5.74) is 8.93. The number of hydrogen-bond acceptors (Lipinski definition) is 3. The molecule has 0 spiro atoms. The van der Waals surface area contributed by atoms with Crippen LogP contribution >= 0.6 is 0 Å². The lowest BCUT2D eigenvalue weighted by molar-refractivity contribution is 0.384. The third kappa shape index (κ3) is 2.25. The van der Waals surface area contributed by atoms with E-state index >= 15 is 0 Å². The Labute approximate surface area is 114 Å². The van der Waals surface area contributed by atoms with Crippen LogP contribution in [0.3, 0.4) is 0 Å². The van der Waals surface area contributed by atoms with E-state index in [-0.39, 0.29) is 5.25 Å². The zero-order chi connectivity index (χ0) is 13.5. The molecule has 0 atom stereocenters. The molecule has 0 radical (unpaired) electrons. The molecule has 1 aliphatic carbocycles. The first-order chi connectivity index (χ1) is 9.09. The summed E-state index contributed by atoms with van der Waals surface area (Å²) in [5, 5.41) is -0.157. The first-order valence-corrected chi connectivity index (χ1v) is 8.44. The summed E-state index contributed by atoms with van der Waals surface area (Å²) in [6.07, 6.45) is 4.46. The number of anilines is 1. The van der Waals surface area contributed by atoms with Crippen LogP contribution < -0.4 is 5.73 Å². The molecule has 5 heteroatoms. The molecular formula is C14H20N2O2S. The molecule has 2 aliphatic rings. The SMILES string of the molecule is Nc1cccc2c1CCN(S(=O)(=O)C1CCCC1)C2. The highest BCUT2D eigenvalue weighted by Gasteiger charge is 2.35. The number of benzene rings is 1. The number of nitrogen functional groups attached to an aromatic ring is 1. The van der Waals surface area contributed by atoms with Crippen LogP contribution in [0.25, 0.3) is 0 Å². The lowest BCUT2D eigenvalue weighted by Gasteiger charge is -2.30. The van der Waals surface area contributed by atoms with E-state index in [0.717, 1.165) is 48.9 Å². The summed E-state index contributed by atoms with van der Waals surface area (Å²) in [6, 6.07) is 5.78. The van der Waals surface area contributed by atoms with Gasteiger partial charge in [0, 0.05) is 18.8 Å². The van der Waals surface area contributed by atoms with Gasteiger partial charge in [0.1, 0.15) is 0 Å². The second-order valence-corrected chi connectivity index (χ2v) is 7.73. The quantitative estimate of drug-likeness (QED) is 0.842. The lowest BCUT2D eigenvalue weighted by atomic mass is 9.99. The van der Waals surface area contributed by atoms with Crippen molar-refractivity contribution in [3.05, 3.63) is 29.3 Å². The molecule has 1 aromatic carbocycles. The Kier molecular flexibility index (Phi) is 3.27. The molecule has 0 saturated heterocycles. The number of rotatable bonds is 2. The number of fused-ring (bicyclic) bond motifs is 1. The molecule has 1 heterocycles. The number of sulfonamides is 1. The molecule has 0 bridgehead atoms. The molecule has 3 rings (SSSR count). The van der Waals surface area contributed by atoms with Gasteiger partial charge in [-0.15, -0.1) is 0 Å². The molecule has 104 valence electrons. The molecule has 4 nitrogen and oxygen atoms in total. The van der Waals surface area contributed by atoms with Gasteiger partial charge in [0.2, 0.25) is 10.0 Å². The first-order valence-electron chi connectivity index (χ1n) is 6.94. The third-order valence-corrected chi connectivity index (χ3v) is 6.70. The van der Waals surface area contributed by atoms with Crippen molar-refractivity contribution in [1.82, 2.24) is 4.31 Å². The average Bonchev–Trinajstić information content (AvgIpc) is 2.93. The van der Waals surface area contributed by atoms with Crippen LogP contribution in [0.4, 0.5) is 5.69 Å². The highest BCUT2D eigenvalue weighted by molar-refractivity contribution is 7.89. The van der Waals surface area contributed by atoms with Crippen molar-refractivity contribution in [3.63, 3.8) is 0 Å². The second kappa shape index (κ2) is 4.80. The van der Waals surface area contributed by atoms with Gasteiger partial charge in [-0.25, -0.2) is 8.42 Å². The van der Waals surface area contributed by atoms with Crippen molar-refractivity contribution in [2.24, 2.45) is 0 Å². The smallest absolute Gasteiger partial charge is 0.217 e. The van der Waals surface area contributed by atoms with Crippen molar-refractivity contribution in [2.45, 2.75) is 43.9 Å². The number of nitrogens with zero attached hydrogens (tertiary/aromatic N) is 1. The fraction of sp³-hybridized carbons (Fsp3) is 0.571. The van der Waals surface area contributed by atoms with Crippen LogP contribution in [0.5, 0.6) is 0 Å². The molecule has 2 N–H and O–H groups in total. The Balaban J connectivity index is 1.85. The maximum Gasteiger partial charge on any atom is 0.217 e. The van der Waals surface area contributed by atoms with Crippen LogP contribution in [0.2, 0.25) is 0 Å². The minimum Gasteiger partial charge on any atom is -0.398 e. The van der Waals surface area contributed by atoms with Crippen molar-refractivity contribution in [3.8, 4) is 0 Å². The van der Waals surface area contributed by atoms with Gasteiger partial charge >= 0.3 is 0 Å². The summed E-state index contributed by atoms with van der Waals surface area (Å²) < 4.78 is 26.8. The van der Waals surface area contributed by atoms with E-state index in [2.05, 4.69) is 0 Å². The zero-order valence-corrected chi connectivity index (χ0v) is 11.8. The molecule has 0 amide bonds. The molecule has 1 fully saturated rings. The topological polar surface area (TPSA) is 63.4 Å². The maximum atomic E-state index is 12.6. The van der Waals surface area contributed by atoms with Crippen LogP contribution in [0.15, 0.2) is 18.2 Å². The number of nitrogens with two attached hydrogens (primary N) is 1. The Hall–Kier alpha value is -1.07. The minimum absolute atomic E-state index is 0.157. The van der Waals surface area contributed by atoms with Crippen LogP contribution in [-0.2, 0) is 23.0 Å². The molecule has 1 aromatic rings. The highest BCUT2D eigenvalue weighted by atomic mass is 32.2. The Morgan fingerprint density at radius 1 is 1.21 bits per heavy atom. The molecule has 19 heavy (non-hydrogen) atoms. The first kappa shape index (κ1) is 12.9. The van der Waals surface area contributed by atoms with Crippen molar-refractivity contribution < 1.29 is 8.42 Å². The maximum absolute atomic E-state index is 12.6. The Morgan fingerprint density at radius 3 is 2.68 bits per heavy atom. The van der Waals surface area contributed by atoms with E-state index in [9.17, 15) is 8.42 Å². The highest BCUT2D eigenvalue weighted by Crippen LogP contribution is 2.31. The summed E-state index contributed by atoms with van der Waals surface area (Å²) in [4.78, 5) is 0. The standard InChI is InChI=1S/C14H20N2O2S/c15-14-7-3-4-11-10-16(9-8-13(11)14)19(17,18)12-5-1-2-6-12/h3-4,7,12H,1-2,5-6,8-10,15H2. The van der Waals surface area contributed by atoms with Crippen LogP contribution in [-0.4, -0.2) is 24.5 Å². The fourth-order valence-corrected chi connectivity index (χ4v) is 5.24. The van der Waals surface area contributed by atoms with Crippen LogP contribution in [0.1, 0.15) is 36.8 Å². The van der Waals surface area contributed by atoms with E-state index in [0.29, 0.717) is 13.1 Å². The molecule has 1 aliphatic heterocycles. The van der Waals surface area contributed by atoms with E-state index < -0.39 is 10.0 Å². The summed E-state index contributed by atoms with van der Waals surface area (Å²) in [5.74, 6) is 0. The van der Waals surface area contributed by atoms with Crippen molar-refractivity contribution >= 4 is 15.7 Å². The van der Waals surface area contributed by atoms with Crippen molar-refractivity contribution in [1.29, 1.82) is 0 Å². The van der Waals surface area contributed by atoms with E-state index in [1.807, 2.05) is 18.2 Å². The van der Waals surface area contributed by atoms with Crippen LogP contribution in [0, 0.1) is 0 Å². The van der Waals surface area contributed by atoms with E-state index in [1.54, 1.807) is 4.31 Å². The van der Waals surface area contributed by atoms with E-state index in [4.69, 9.17) is 5.73 Å². The largest absolute Gasteiger partial charge is 0.398 e.